The molecule has 0 bridgehead atoms. The van der Waals surface area contributed by atoms with Gasteiger partial charge in [0.05, 0.1) is 6.61 Å². The van der Waals surface area contributed by atoms with Gasteiger partial charge in [-0.1, -0.05) is 224 Å². The molecule has 54 heavy (non-hydrogen) atoms. The van der Waals surface area contributed by atoms with E-state index < -0.39 is 6.10 Å². The van der Waals surface area contributed by atoms with Gasteiger partial charge in [-0.3, -0.25) is 9.59 Å². The Hall–Kier alpha value is -1.62. The van der Waals surface area contributed by atoms with Gasteiger partial charge >= 0.3 is 11.9 Å². The number of carbonyl (C=O) groups is 2. The summed E-state index contributed by atoms with van der Waals surface area (Å²) < 4.78 is 10.7. The van der Waals surface area contributed by atoms with E-state index in [2.05, 4.69) is 38.2 Å². The van der Waals surface area contributed by atoms with Crippen LogP contribution in [0.3, 0.4) is 0 Å². The number of hydrogen-bond donors (Lipinski definition) is 1. The Morgan fingerprint density at radius 1 is 0.426 bits per heavy atom. The standard InChI is InChI=1S/C49H92O5/c1-3-5-7-9-11-13-15-17-19-21-23-24-26-27-29-31-33-35-37-39-41-43-48(51)53-46-47(45-50)54-49(52)44-42-40-38-36-34-32-30-28-25-22-20-18-16-14-12-10-8-6-4-2/h12,14,18,20,47,50H,3-11,13,15-17,19,21-46H2,1-2H3/b14-12-,20-18-/t47-/m0/s1. The number of rotatable bonds is 44. The van der Waals surface area contributed by atoms with Crippen molar-refractivity contribution in [1.29, 1.82) is 0 Å². The summed E-state index contributed by atoms with van der Waals surface area (Å²) in [4.78, 5) is 24.4. The van der Waals surface area contributed by atoms with Crippen LogP contribution in [0.5, 0.6) is 0 Å². The molecular weight excluding hydrogens is 669 g/mol. The van der Waals surface area contributed by atoms with E-state index in [0.717, 1.165) is 38.5 Å². The highest BCUT2D eigenvalue weighted by molar-refractivity contribution is 5.70. The molecule has 0 spiro atoms. The first-order valence-corrected chi connectivity index (χ1v) is 23.9. The quantitative estimate of drug-likeness (QED) is 0.0380. The van der Waals surface area contributed by atoms with Gasteiger partial charge in [-0.25, -0.2) is 0 Å². The molecule has 0 aliphatic heterocycles. The number of aliphatic hydroxyl groups excluding tert-OH is 1. The molecule has 5 nitrogen and oxygen atoms in total. The number of aliphatic hydroxyl groups is 1. The highest BCUT2D eigenvalue weighted by Gasteiger charge is 2.16. The van der Waals surface area contributed by atoms with Gasteiger partial charge in [0.2, 0.25) is 0 Å². The van der Waals surface area contributed by atoms with E-state index in [4.69, 9.17) is 9.47 Å². The van der Waals surface area contributed by atoms with Crippen molar-refractivity contribution in [3.05, 3.63) is 24.3 Å². The Kier molecular flexibility index (Phi) is 44.4. The molecule has 0 aliphatic carbocycles. The number of ether oxygens (including phenoxy) is 2. The number of unbranched alkanes of at least 4 members (excludes halogenated alkanes) is 32. The second-order valence-corrected chi connectivity index (χ2v) is 16.2. The summed E-state index contributed by atoms with van der Waals surface area (Å²) in [7, 11) is 0. The third kappa shape index (κ3) is 43.1. The lowest BCUT2D eigenvalue weighted by Gasteiger charge is -2.15. The minimum atomic E-state index is -0.770. The zero-order valence-electron chi connectivity index (χ0n) is 36.3. The number of esters is 2. The Bertz CT molecular complexity index is 821. The molecule has 5 heteroatoms. The topological polar surface area (TPSA) is 72.8 Å². The van der Waals surface area contributed by atoms with Crippen molar-refractivity contribution < 1.29 is 24.2 Å². The van der Waals surface area contributed by atoms with Crippen LogP contribution in [-0.4, -0.2) is 36.4 Å². The third-order valence-electron chi connectivity index (χ3n) is 10.7. The van der Waals surface area contributed by atoms with Crippen LogP contribution in [0.25, 0.3) is 0 Å². The molecule has 0 fully saturated rings. The molecule has 0 saturated heterocycles. The summed E-state index contributed by atoms with van der Waals surface area (Å²) in [5.41, 5.74) is 0. The van der Waals surface area contributed by atoms with Gasteiger partial charge in [0, 0.05) is 12.8 Å². The molecule has 1 atom stereocenters. The average molecular weight is 761 g/mol. The van der Waals surface area contributed by atoms with Crippen LogP contribution in [-0.2, 0) is 19.1 Å². The van der Waals surface area contributed by atoms with Gasteiger partial charge in [0.25, 0.3) is 0 Å². The lowest BCUT2D eigenvalue weighted by molar-refractivity contribution is -0.161. The van der Waals surface area contributed by atoms with Gasteiger partial charge in [0.15, 0.2) is 6.10 Å². The summed E-state index contributed by atoms with van der Waals surface area (Å²) in [5.74, 6) is -0.581. The molecule has 318 valence electrons. The fraction of sp³-hybridized carbons (Fsp3) is 0.878. The number of hydrogen-bond acceptors (Lipinski definition) is 5. The first-order valence-electron chi connectivity index (χ1n) is 23.9. The largest absolute Gasteiger partial charge is 0.462 e. The highest BCUT2D eigenvalue weighted by atomic mass is 16.6. The van der Waals surface area contributed by atoms with E-state index in [1.807, 2.05) is 0 Å². The van der Waals surface area contributed by atoms with Crippen molar-refractivity contribution in [3.8, 4) is 0 Å². The monoisotopic (exact) mass is 761 g/mol. The van der Waals surface area contributed by atoms with E-state index in [0.29, 0.717) is 12.8 Å². The number of carbonyl (C=O) groups excluding carboxylic acids is 2. The van der Waals surface area contributed by atoms with Gasteiger partial charge in [-0.15, -0.1) is 0 Å². The minimum absolute atomic E-state index is 0.0623. The molecule has 0 aromatic heterocycles. The molecule has 0 aromatic carbocycles. The van der Waals surface area contributed by atoms with Crippen LogP contribution in [0.4, 0.5) is 0 Å². The first-order chi connectivity index (χ1) is 26.6. The Morgan fingerprint density at radius 2 is 0.741 bits per heavy atom. The zero-order valence-corrected chi connectivity index (χ0v) is 36.3. The first kappa shape index (κ1) is 52.4. The lowest BCUT2D eigenvalue weighted by atomic mass is 10.0. The smallest absolute Gasteiger partial charge is 0.306 e. The summed E-state index contributed by atoms with van der Waals surface area (Å²) in [6.45, 7) is 4.15. The Balaban J connectivity index is 3.47. The van der Waals surface area contributed by atoms with E-state index in [9.17, 15) is 14.7 Å². The van der Waals surface area contributed by atoms with E-state index in [1.165, 1.54) is 193 Å². The molecule has 0 aromatic rings. The molecule has 0 radical (unpaired) electrons. The summed E-state index contributed by atoms with van der Waals surface area (Å²) in [6.07, 6.45) is 55.4. The number of allylic oxidation sites excluding steroid dienone is 4. The Morgan fingerprint density at radius 3 is 1.13 bits per heavy atom. The maximum atomic E-state index is 12.2. The van der Waals surface area contributed by atoms with Crippen LogP contribution in [0.1, 0.15) is 258 Å². The second kappa shape index (κ2) is 45.8. The van der Waals surface area contributed by atoms with Crippen molar-refractivity contribution in [2.24, 2.45) is 0 Å². The van der Waals surface area contributed by atoms with Crippen molar-refractivity contribution in [2.45, 2.75) is 264 Å². The van der Waals surface area contributed by atoms with E-state index >= 15 is 0 Å². The van der Waals surface area contributed by atoms with Gasteiger partial charge in [-0.2, -0.15) is 0 Å². The van der Waals surface area contributed by atoms with Crippen LogP contribution in [0.2, 0.25) is 0 Å². The summed E-state index contributed by atoms with van der Waals surface area (Å²) >= 11 is 0. The van der Waals surface area contributed by atoms with Gasteiger partial charge in [-0.05, 0) is 44.9 Å². The van der Waals surface area contributed by atoms with Crippen molar-refractivity contribution in [2.75, 3.05) is 13.2 Å². The van der Waals surface area contributed by atoms with E-state index in [-0.39, 0.29) is 25.2 Å². The lowest BCUT2D eigenvalue weighted by Crippen LogP contribution is -2.28. The minimum Gasteiger partial charge on any atom is -0.462 e. The molecule has 0 aliphatic rings. The SMILES string of the molecule is CCCCC/C=C\C/C=C\CCCCCCCCCCCC(=O)O[C@@H](CO)COC(=O)CCCCCCCCCCCCCCCCCCCCCCC. The van der Waals surface area contributed by atoms with Crippen LogP contribution in [0.15, 0.2) is 24.3 Å². The zero-order chi connectivity index (χ0) is 39.3. The van der Waals surface area contributed by atoms with Crippen LogP contribution >= 0.6 is 0 Å². The predicted octanol–water partition coefficient (Wildman–Crippen LogP) is 15.4. The Labute approximate surface area is 336 Å². The van der Waals surface area contributed by atoms with Crippen molar-refractivity contribution in [3.63, 3.8) is 0 Å². The second-order valence-electron chi connectivity index (χ2n) is 16.2. The van der Waals surface area contributed by atoms with Crippen molar-refractivity contribution in [1.82, 2.24) is 0 Å². The summed E-state index contributed by atoms with van der Waals surface area (Å²) in [5, 5.41) is 9.60. The molecule has 1 N–H and O–H groups in total. The molecular formula is C49H92O5. The fourth-order valence-corrected chi connectivity index (χ4v) is 7.12. The van der Waals surface area contributed by atoms with Gasteiger partial charge < -0.3 is 14.6 Å². The van der Waals surface area contributed by atoms with Crippen LogP contribution < -0.4 is 0 Å². The fourth-order valence-electron chi connectivity index (χ4n) is 7.12. The molecule has 0 amide bonds. The molecule has 0 saturated carbocycles. The summed E-state index contributed by atoms with van der Waals surface area (Å²) in [6, 6.07) is 0. The molecule has 0 rings (SSSR count). The van der Waals surface area contributed by atoms with Crippen LogP contribution in [0, 0.1) is 0 Å². The van der Waals surface area contributed by atoms with E-state index in [1.54, 1.807) is 0 Å². The predicted molar refractivity (Wildman–Crippen MR) is 233 cm³/mol. The maximum absolute atomic E-state index is 12.2. The average Bonchev–Trinajstić information content (AvgIpc) is 3.17. The van der Waals surface area contributed by atoms with Crippen molar-refractivity contribution >= 4 is 11.9 Å². The molecule has 0 unspecified atom stereocenters. The maximum Gasteiger partial charge on any atom is 0.306 e. The molecule has 0 heterocycles. The third-order valence-corrected chi connectivity index (χ3v) is 10.7. The normalized spacial score (nSPS) is 12.3. The highest BCUT2D eigenvalue weighted by Crippen LogP contribution is 2.16. The van der Waals surface area contributed by atoms with Gasteiger partial charge in [0.1, 0.15) is 6.61 Å².